The third kappa shape index (κ3) is 2.09. The fourth-order valence-electron chi connectivity index (χ4n) is 1.68. The van der Waals surface area contributed by atoms with Gasteiger partial charge in [-0.2, -0.15) is 9.61 Å². The van der Waals surface area contributed by atoms with Crippen LogP contribution in [0.3, 0.4) is 0 Å². The van der Waals surface area contributed by atoms with Crippen LogP contribution in [0, 0.1) is 0 Å². The van der Waals surface area contributed by atoms with Gasteiger partial charge in [0, 0.05) is 17.8 Å². The van der Waals surface area contributed by atoms with Crippen molar-refractivity contribution in [2.45, 2.75) is 32.6 Å². The average molecular weight is 204 g/mol. The highest BCUT2D eigenvalue weighted by atomic mass is 15.3. The van der Waals surface area contributed by atoms with Gasteiger partial charge < -0.3 is 5.73 Å². The molecule has 2 aromatic heterocycles. The number of hydrogen-bond donors (Lipinski definition) is 1. The van der Waals surface area contributed by atoms with Gasteiger partial charge in [-0.1, -0.05) is 19.8 Å². The minimum atomic E-state index is 0.663. The van der Waals surface area contributed by atoms with E-state index < -0.39 is 0 Å². The van der Waals surface area contributed by atoms with Gasteiger partial charge in [-0.15, -0.1) is 0 Å². The molecule has 2 heterocycles. The van der Waals surface area contributed by atoms with Gasteiger partial charge in [-0.05, 0) is 12.8 Å². The van der Waals surface area contributed by atoms with Crippen molar-refractivity contribution in [3.05, 3.63) is 24.0 Å². The van der Waals surface area contributed by atoms with Gasteiger partial charge in [-0.25, -0.2) is 4.98 Å². The van der Waals surface area contributed by atoms with Crippen LogP contribution in [0.4, 0.5) is 5.82 Å². The summed E-state index contributed by atoms with van der Waals surface area (Å²) in [5.41, 5.74) is 7.76. The molecule has 4 nitrogen and oxygen atoms in total. The Morgan fingerprint density at radius 1 is 1.40 bits per heavy atom. The molecule has 0 bridgehead atoms. The van der Waals surface area contributed by atoms with E-state index in [0.717, 1.165) is 17.8 Å². The molecular formula is C11H16N4. The Balaban J connectivity index is 2.21. The molecule has 0 radical (unpaired) electrons. The molecule has 80 valence electrons. The number of hydrogen-bond acceptors (Lipinski definition) is 3. The Labute approximate surface area is 89.1 Å². The maximum absolute atomic E-state index is 5.87. The van der Waals surface area contributed by atoms with Crippen molar-refractivity contribution in [1.29, 1.82) is 0 Å². The SMILES string of the molecule is CCCCCc1cc(N)n2nccc2n1. The average Bonchev–Trinajstić information content (AvgIpc) is 2.66. The van der Waals surface area contributed by atoms with Gasteiger partial charge in [0.2, 0.25) is 0 Å². The first-order valence-corrected chi connectivity index (χ1v) is 5.40. The second kappa shape index (κ2) is 4.29. The lowest BCUT2D eigenvalue weighted by Crippen LogP contribution is -2.02. The molecule has 0 aliphatic rings. The molecule has 0 atom stereocenters. The molecule has 0 aliphatic carbocycles. The van der Waals surface area contributed by atoms with Crippen LogP contribution in [0.25, 0.3) is 5.65 Å². The zero-order valence-electron chi connectivity index (χ0n) is 8.98. The minimum Gasteiger partial charge on any atom is -0.384 e. The van der Waals surface area contributed by atoms with Gasteiger partial charge in [0.1, 0.15) is 5.82 Å². The quantitative estimate of drug-likeness (QED) is 0.775. The molecule has 0 fully saturated rings. The summed E-state index contributed by atoms with van der Waals surface area (Å²) < 4.78 is 1.66. The Hall–Kier alpha value is -1.58. The van der Waals surface area contributed by atoms with Crippen molar-refractivity contribution in [1.82, 2.24) is 14.6 Å². The molecule has 0 aromatic carbocycles. The molecule has 2 aromatic rings. The van der Waals surface area contributed by atoms with Gasteiger partial charge in [-0.3, -0.25) is 0 Å². The van der Waals surface area contributed by atoms with Crippen LogP contribution < -0.4 is 5.73 Å². The smallest absolute Gasteiger partial charge is 0.157 e. The van der Waals surface area contributed by atoms with Gasteiger partial charge >= 0.3 is 0 Å². The lowest BCUT2D eigenvalue weighted by Gasteiger charge is -2.03. The second-order valence-corrected chi connectivity index (χ2v) is 3.73. The Kier molecular flexibility index (Phi) is 2.85. The fraction of sp³-hybridized carbons (Fsp3) is 0.455. The Bertz CT molecular complexity index is 447. The van der Waals surface area contributed by atoms with Crippen LogP contribution in [-0.4, -0.2) is 14.6 Å². The van der Waals surface area contributed by atoms with E-state index in [1.54, 1.807) is 10.7 Å². The number of nitrogens with two attached hydrogens (primary N) is 1. The Morgan fingerprint density at radius 2 is 2.27 bits per heavy atom. The predicted octanol–water partition coefficient (Wildman–Crippen LogP) is 2.04. The molecule has 0 spiro atoms. The number of nitrogens with zero attached hydrogens (tertiary/aromatic N) is 3. The maximum atomic E-state index is 5.87. The van der Waals surface area contributed by atoms with Crippen LogP contribution in [0.5, 0.6) is 0 Å². The van der Waals surface area contributed by atoms with Crippen LogP contribution in [-0.2, 0) is 6.42 Å². The summed E-state index contributed by atoms with van der Waals surface area (Å²) in [6.45, 7) is 2.20. The van der Waals surface area contributed by atoms with Crippen molar-refractivity contribution in [3.8, 4) is 0 Å². The van der Waals surface area contributed by atoms with E-state index in [9.17, 15) is 0 Å². The molecular weight excluding hydrogens is 188 g/mol. The first-order chi connectivity index (χ1) is 7.31. The molecule has 0 saturated carbocycles. The lowest BCUT2D eigenvalue weighted by molar-refractivity contribution is 0.706. The molecule has 0 saturated heterocycles. The summed E-state index contributed by atoms with van der Waals surface area (Å²) in [7, 11) is 0. The molecule has 0 amide bonds. The van der Waals surface area contributed by atoms with E-state index in [4.69, 9.17) is 5.73 Å². The van der Waals surface area contributed by atoms with Gasteiger partial charge in [0.15, 0.2) is 5.65 Å². The molecule has 0 aliphatic heterocycles. The van der Waals surface area contributed by atoms with Crippen LogP contribution in [0.2, 0.25) is 0 Å². The number of unbranched alkanes of at least 4 members (excludes halogenated alkanes) is 2. The lowest BCUT2D eigenvalue weighted by atomic mass is 10.1. The van der Waals surface area contributed by atoms with E-state index in [2.05, 4.69) is 17.0 Å². The normalized spacial score (nSPS) is 11.0. The van der Waals surface area contributed by atoms with Crippen molar-refractivity contribution in [2.75, 3.05) is 5.73 Å². The maximum Gasteiger partial charge on any atom is 0.157 e. The largest absolute Gasteiger partial charge is 0.384 e. The summed E-state index contributed by atoms with van der Waals surface area (Å²) >= 11 is 0. The molecule has 2 N–H and O–H groups in total. The molecule has 4 heteroatoms. The third-order valence-corrected chi connectivity index (χ3v) is 2.48. The number of rotatable bonds is 4. The number of aryl methyl sites for hydroxylation is 1. The van der Waals surface area contributed by atoms with Crippen molar-refractivity contribution < 1.29 is 0 Å². The topological polar surface area (TPSA) is 56.2 Å². The Morgan fingerprint density at radius 3 is 3.07 bits per heavy atom. The summed E-state index contributed by atoms with van der Waals surface area (Å²) in [6, 6.07) is 3.79. The zero-order valence-corrected chi connectivity index (χ0v) is 8.98. The summed E-state index contributed by atoms with van der Waals surface area (Å²) in [6.07, 6.45) is 6.36. The summed E-state index contributed by atoms with van der Waals surface area (Å²) in [5, 5.41) is 4.08. The molecule has 2 rings (SSSR count). The van der Waals surface area contributed by atoms with E-state index in [0.29, 0.717) is 5.82 Å². The monoisotopic (exact) mass is 204 g/mol. The second-order valence-electron chi connectivity index (χ2n) is 3.73. The fourth-order valence-corrected chi connectivity index (χ4v) is 1.68. The van der Waals surface area contributed by atoms with Crippen LogP contribution in [0.1, 0.15) is 31.9 Å². The van der Waals surface area contributed by atoms with Gasteiger partial charge in [0.25, 0.3) is 0 Å². The van der Waals surface area contributed by atoms with Crippen molar-refractivity contribution in [2.24, 2.45) is 0 Å². The first-order valence-electron chi connectivity index (χ1n) is 5.40. The van der Waals surface area contributed by atoms with Crippen LogP contribution in [0.15, 0.2) is 18.3 Å². The number of aromatic nitrogens is 3. The minimum absolute atomic E-state index is 0.663. The molecule has 0 unspecified atom stereocenters. The standard InChI is InChI=1S/C11H16N4/c1-2-3-4-5-9-8-10(12)15-11(14-9)6-7-13-15/h6-8H,2-5,12H2,1H3. The summed E-state index contributed by atoms with van der Waals surface area (Å²) in [4.78, 5) is 4.49. The van der Waals surface area contributed by atoms with Crippen molar-refractivity contribution in [3.63, 3.8) is 0 Å². The van der Waals surface area contributed by atoms with Crippen LogP contribution >= 0.6 is 0 Å². The highest BCUT2D eigenvalue weighted by Crippen LogP contribution is 2.11. The van der Waals surface area contributed by atoms with E-state index in [1.165, 1.54) is 19.3 Å². The highest BCUT2D eigenvalue weighted by molar-refractivity contribution is 5.46. The predicted molar refractivity (Wildman–Crippen MR) is 60.6 cm³/mol. The first kappa shape index (κ1) is 9.96. The van der Waals surface area contributed by atoms with E-state index in [-0.39, 0.29) is 0 Å². The highest BCUT2D eigenvalue weighted by Gasteiger charge is 2.02. The van der Waals surface area contributed by atoms with E-state index >= 15 is 0 Å². The molecule has 15 heavy (non-hydrogen) atoms. The number of fused-ring (bicyclic) bond motifs is 1. The van der Waals surface area contributed by atoms with E-state index in [1.807, 2.05) is 12.1 Å². The number of nitrogen functional groups attached to an aromatic ring is 1. The zero-order chi connectivity index (χ0) is 10.7. The third-order valence-electron chi connectivity index (χ3n) is 2.48. The summed E-state index contributed by atoms with van der Waals surface area (Å²) in [5.74, 6) is 0.663. The van der Waals surface area contributed by atoms with Gasteiger partial charge in [0.05, 0.1) is 6.20 Å². The van der Waals surface area contributed by atoms with Crippen molar-refractivity contribution >= 4 is 11.5 Å². The number of anilines is 1.